The standard InChI is InChI=1S/C30H41N5S/c1-21-10-9-11-22(20-21)25-26(24-14-17-31-28(33-24)32-23-12-7-6-8-13-23)36-27(34-25)30(5)15-18-35(19-16-30)29(2,3)4/h9-11,14,17,20,23H,6-8,12-13,15-16,18-19H2,1-5H3,(H,31,32,33). The molecule has 2 fully saturated rings. The van der Waals surface area contributed by atoms with Gasteiger partial charge in [-0.1, -0.05) is 49.9 Å². The number of aromatic nitrogens is 3. The van der Waals surface area contributed by atoms with Gasteiger partial charge in [0.25, 0.3) is 0 Å². The van der Waals surface area contributed by atoms with Gasteiger partial charge in [-0.15, -0.1) is 11.3 Å². The molecule has 0 unspecified atom stereocenters. The average Bonchev–Trinajstić information content (AvgIpc) is 3.31. The summed E-state index contributed by atoms with van der Waals surface area (Å²) >= 11 is 1.83. The highest BCUT2D eigenvalue weighted by molar-refractivity contribution is 7.15. The molecule has 1 saturated carbocycles. The van der Waals surface area contributed by atoms with Crippen molar-refractivity contribution < 1.29 is 0 Å². The Bertz CT molecular complexity index is 1180. The van der Waals surface area contributed by atoms with Crippen molar-refractivity contribution in [3.8, 4) is 21.8 Å². The van der Waals surface area contributed by atoms with Crippen molar-refractivity contribution in [2.24, 2.45) is 0 Å². The molecule has 1 aromatic carbocycles. The third-order valence-corrected chi connectivity index (χ3v) is 9.46. The molecule has 6 heteroatoms. The first-order valence-corrected chi connectivity index (χ1v) is 14.5. The molecule has 1 saturated heterocycles. The van der Waals surface area contributed by atoms with Crippen molar-refractivity contribution in [2.45, 2.75) is 96.6 Å². The average molecular weight is 504 g/mol. The number of piperidine rings is 1. The first-order chi connectivity index (χ1) is 17.2. The maximum atomic E-state index is 5.35. The van der Waals surface area contributed by atoms with E-state index in [1.807, 2.05) is 23.6 Å². The summed E-state index contributed by atoms with van der Waals surface area (Å²) in [4.78, 5) is 18.7. The maximum absolute atomic E-state index is 5.35. The molecule has 0 bridgehead atoms. The Morgan fingerprint density at radius 1 is 1.03 bits per heavy atom. The molecular formula is C30H41N5S. The van der Waals surface area contributed by atoms with Crippen LogP contribution in [0.5, 0.6) is 0 Å². The fourth-order valence-electron chi connectivity index (χ4n) is 5.61. The van der Waals surface area contributed by atoms with Gasteiger partial charge in [-0.3, -0.25) is 4.90 Å². The number of hydrogen-bond donors (Lipinski definition) is 1. The molecule has 3 aromatic rings. The minimum Gasteiger partial charge on any atom is -0.351 e. The molecule has 192 valence electrons. The van der Waals surface area contributed by atoms with Crippen molar-refractivity contribution >= 4 is 17.3 Å². The highest BCUT2D eigenvalue weighted by Crippen LogP contribution is 2.44. The van der Waals surface area contributed by atoms with Crippen LogP contribution in [0.3, 0.4) is 0 Å². The minimum absolute atomic E-state index is 0.0828. The molecule has 3 heterocycles. The lowest BCUT2D eigenvalue weighted by Crippen LogP contribution is -2.49. The van der Waals surface area contributed by atoms with Crippen molar-refractivity contribution in [1.29, 1.82) is 0 Å². The second-order valence-electron chi connectivity index (χ2n) is 12.0. The number of aryl methyl sites for hydroxylation is 1. The molecule has 5 nitrogen and oxygen atoms in total. The van der Waals surface area contributed by atoms with Crippen molar-refractivity contribution in [3.05, 3.63) is 47.1 Å². The monoisotopic (exact) mass is 503 g/mol. The molecule has 0 amide bonds. The van der Waals surface area contributed by atoms with E-state index in [0.29, 0.717) is 6.04 Å². The summed E-state index contributed by atoms with van der Waals surface area (Å²) in [6, 6.07) is 11.2. The maximum Gasteiger partial charge on any atom is 0.223 e. The molecule has 2 aromatic heterocycles. The summed E-state index contributed by atoms with van der Waals surface area (Å²) in [5.41, 5.74) is 4.74. The lowest BCUT2D eigenvalue weighted by atomic mass is 9.80. The van der Waals surface area contributed by atoms with Gasteiger partial charge in [0.15, 0.2) is 0 Å². The topological polar surface area (TPSA) is 53.9 Å². The lowest BCUT2D eigenvalue weighted by molar-refractivity contribution is 0.0793. The Labute approximate surface area is 220 Å². The Morgan fingerprint density at radius 3 is 2.47 bits per heavy atom. The van der Waals surface area contributed by atoms with Gasteiger partial charge >= 0.3 is 0 Å². The predicted molar refractivity (Wildman–Crippen MR) is 152 cm³/mol. The van der Waals surface area contributed by atoms with Gasteiger partial charge in [0.2, 0.25) is 5.95 Å². The van der Waals surface area contributed by atoms with Crippen LogP contribution >= 0.6 is 11.3 Å². The zero-order chi connectivity index (χ0) is 25.3. The van der Waals surface area contributed by atoms with Crippen LogP contribution in [0.4, 0.5) is 5.95 Å². The molecule has 1 N–H and O–H groups in total. The quantitative estimate of drug-likeness (QED) is 0.391. The van der Waals surface area contributed by atoms with Crippen LogP contribution in [0.15, 0.2) is 36.5 Å². The van der Waals surface area contributed by atoms with E-state index in [1.54, 1.807) is 0 Å². The summed E-state index contributed by atoms with van der Waals surface area (Å²) in [5.74, 6) is 0.745. The van der Waals surface area contributed by atoms with Crippen molar-refractivity contribution in [1.82, 2.24) is 19.9 Å². The molecular weight excluding hydrogens is 462 g/mol. The van der Waals surface area contributed by atoms with Crippen LogP contribution in [0.1, 0.15) is 83.2 Å². The number of hydrogen-bond acceptors (Lipinski definition) is 6. The third-order valence-electron chi connectivity index (χ3n) is 8.08. The Hall–Kier alpha value is -2.31. The first kappa shape index (κ1) is 25.3. The Kier molecular flexibility index (Phi) is 7.19. The van der Waals surface area contributed by atoms with Crippen LogP contribution in [0.2, 0.25) is 0 Å². The number of benzene rings is 1. The molecule has 36 heavy (non-hydrogen) atoms. The predicted octanol–water partition coefficient (Wildman–Crippen LogP) is 7.47. The van der Waals surface area contributed by atoms with Crippen LogP contribution in [-0.4, -0.2) is 44.5 Å². The summed E-state index contributed by atoms with van der Waals surface area (Å²) < 4.78 is 0. The molecule has 0 atom stereocenters. The van der Waals surface area contributed by atoms with E-state index in [-0.39, 0.29) is 11.0 Å². The summed E-state index contributed by atoms with van der Waals surface area (Å²) in [6.07, 6.45) is 10.5. The van der Waals surface area contributed by atoms with Crippen LogP contribution in [0.25, 0.3) is 21.8 Å². The number of nitrogens with one attached hydrogen (secondary N) is 1. The number of anilines is 1. The normalized spacial score (nSPS) is 19.4. The number of nitrogens with zero attached hydrogens (tertiary/aromatic N) is 4. The fourth-order valence-corrected chi connectivity index (χ4v) is 6.87. The van der Waals surface area contributed by atoms with E-state index in [2.05, 4.69) is 74.1 Å². The lowest BCUT2D eigenvalue weighted by Gasteiger charge is -2.44. The number of thiazole rings is 1. The highest BCUT2D eigenvalue weighted by Gasteiger charge is 2.38. The summed E-state index contributed by atoms with van der Waals surface area (Å²) in [5, 5.41) is 4.85. The van der Waals surface area contributed by atoms with Gasteiger partial charge in [0, 0.05) is 28.8 Å². The molecule has 0 radical (unpaired) electrons. The second-order valence-corrected chi connectivity index (χ2v) is 13.0. The Balaban J connectivity index is 1.50. The smallest absolute Gasteiger partial charge is 0.223 e. The molecule has 2 aliphatic rings. The number of likely N-dealkylation sites (tertiary alicyclic amines) is 1. The van der Waals surface area contributed by atoms with E-state index in [9.17, 15) is 0 Å². The van der Waals surface area contributed by atoms with E-state index in [0.717, 1.165) is 48.1 Å². The van der Waals surface area contributed by atoms with Gasteiger partial charge < -0.3 is 5.32 Å². The molecule has 1 aliphatic heterocycles. The second kappa shape index (κ2) is 10.2. The summed E-state index contributed by atoms with van der Waals surface area (Å²) in [7, 11) is 0. The first-order valence-electron chi connectivity index (χ1n) is 13.6. The van der Waals surface area contributed by atoms with Crippen molar-refractivity contribution in [3.63, 3.8) is 0 Å². The van der Waals surface area contributed by atoms with Crippen LogP contribution < -0.4 is 5.32 Å². The summed E-state index contributed by atoms with van der Waals surface area (Å²) in [6.45, 7) is 13.7. The molecule has 1 aliphatic carbocycles. The van der Waals surface area contributed by atoms with Crippen molar-refractivity contribution in [2.75, 3.05) is 18.4 Å². The zero-order valence-corrected chi connectivity index (χ0v) is 23.4. The van der Waals surface area contributed by atoms with Gasteiger partial charge in [0.1, 0.15) is 0 Å². The van der Waals surface area contributed by atoms with Gasteiger partial charge in [0.05, 0.1) is 21.3 Å². The van der Waals surface area contributed by atoms with E-state index in [1.165, 1.54) is 48.2 Å². The highest BCUT2D eigenvalue weighted by atomic mass is 32.1. The zero-order valence-electron chi connectivity index (χ0n) is 22.6. The fraction of sp³-hybridized carbons (Fsp3) is 0.567. The largest absolute Gasteiger partial charge is 0.351 e. The van der Waals surface area contributed by atoms with Gasteiger partial charge in [-0.05, 0) is 78.6 Å². The van der Waals surface area contributed by atoms with Crippen LogP contribution in [-0.2, 0) is 5.41 Å². The van der Waals surface area contributed by atoms with Crippen LogP contribution in [0, 0.1) is 6.92 Å². The van der Waals surface area contributed by atoms with E-state index < -0.39 is 0 Å². The van der Waals surface area contributed by atoms with Gasteiger partial charge in [-0.25, -0.2) is 15.0 Å². The molecule has 5 rings (SSSR count). The van der Waals surface area contributed by atoms with E-state index in [4.69, 9.17) is 9.97 Å². The third kappa shape index (κ3) is 5.50. The number of rotatable bonds is 5. The van der Waals surface area contributed by atoms with Gasteiger partial charge in [-0.2, -0.15) is 0 Å². The Morgan fingerprint density at radius 2 is 1.78 bits per heavy atom. The minimum atomic E-state index is 0.0828. The molecule has 0 spiro atoms. The van der Waals surface area contributed by atoms with E-state index >= 15 is 0 Å². The SMILES string of the molecule is Cc1cccc(-c2nc(C3(C)CCN(C(C)(C)C)CC3)sc2-c2ccnc(NC3CCCCC3)n2)c1.